The van der Waals surface area contributed by atoms with E-state index >= 15 is 0 Å². The molecule has 0 saturated heterocycles. The first-order valence-corrected chi connectivity index (χ1v) is 5.65. The monoisotopic (exact) mass is 239 g/mol. The highest BCUT2D eigenvalue weighted by Gasteiger charge is 2.11. The molecular weight excluding hydrogens is 226 g/mol. The van der Waals surface area contributed by atoms with Crippen LogP contribution in [0.25, 0.3) is 11.1 Å². The van der Waals surface area contributed by atoms with Crippen LogP contribution < -0.4 is 5.76 Å². The molecule has 2 rings (SSSR count). The molecule has 1 heterocycles. The van der Waals surface area contributed by atoms with Crippen molar-refractivity contribution in [3.05, 3.63) is 34.3 Å². The Kier molecular flexibility index (Phi) is 3.07. The minimum absolute atomic E-state index is 0.393. The second kappa shape index (κ2) is 4.35. The zero-order valence-electron chi connectivity index (χ0n) is 8.88. The number of aryl methyl sites for hydroxylation is 1. The molecule has 0 spiro atoms. The number of hydrogen-bond acceptors (Lipinski definition) is 4. The maximum absolute atomic E-state index is 11.3. The molecule has 0 saturated carbocycles. The first-order chi connectivity index (χ1) is 7.63. The predicted molar refractivity (Wildman–Crippen MR) is 64.9 cm³/mol. The summed E-state index contributed by atoms with van der Waals surface area (Å²) in [6.07, 6.45) is 0.0346. The Bertz CT molecular complexity index is 558. The maximum Gasteiger partial charge on any atom is 0.419 e. The summed E-state index contributed by atoms with van der Waals surface area (Å²) in [5.74, 6) is 0.222. The van der Waals surface area contributed by atoms with Crippen molar-refractivity contribution in [1.82, 2.24) is 4.57 Å². The van der Waals surface area contributed by atoms with Crippen molar-refractivity contribution >= 4 is 23.7 Å². The number of thiol groups is 1. The molecule has 0 aliphatic heterocycles. The Morgan fingerprint density at radius 2 is 2.31 bits per heavy atom. The number of oxazole rings is 1. The molecule has 1 atom stereocenters. The van der Waals surface area contributed by atoms with E-state index in [0.29, 0.717) is 23.3 Å². The summed E-state index contributed by atoms with van der Waals surface area (Å²) < 4.78 is 6.43. The zero-order chi connectivity index (χ0) is 11.7. The molecule has 0 bridgehead atoms. The largest absolute Gasteiger partial charge is 0.419 e. The van der Waals surface area contributed by atoms with E-state index in [2.05, 4.69) is 12.6 Å². The molecule has 0 aliphatic rings. The molecule has 86 valence electrons. The molecule has 0 fully saturated rings. The molecular formula is C11H13NO3S. The highest BCUT2D eigenvalue weighted by atomic mass is 32.1. The lowest BCUT2D eigenvalue weighted by Crippen LogP contribution is -2.08. The molecule has 1 aromatic carbocycles. The maximum atomic E-state index is 11.3. The van der Waals surface area contributed by atoms with Crippen LogP contribution in [-0.4, -0.2) is 15.4 Å². The van der Waals surface area contributed by atoms with Crippen molar-refractivity contribution in [2.45, 2.75) is 12.5 Å². The van der Waals surface area contributed by atoms with E-state index < -0.39 is 11.9 Å². The van der Waals surface area contributed by atoms with Gasteiger partial charge in [-0.15, -0.1) is 0 Å². The van der Waals surface area contributed by atoms with Gasteiger partial charge in [0.15, 0.2) is 5.58 Å². The number of aliphatic hydroxyl groups is 1. The van der Waals surface area contributed by atoms with Gasteiger partial charge in [0.05, 0.1) is 11.6 Å². The van der Waals surface area contributed by atoms with Crippen molar-refractivity contribution < 1.29 is 9.52 Å². The van der Waals surface area contributed by atoms with Gasteiger partial charge >= 0.3 is 5.76 Å². The summed E-state index contributed by atoms with van der Waals surface area (Å²) in [5, 5.41) is 9.81. The van der Waals surface area contributed by atoms with Gasteiger partial charge in [-0.2, -0.15) is 12.6 Å². The third kappa shape index (κ3) is 1.88. The van der Waals surface area contributed by atoms with Crippen LogP contribution in [0.3, 0.4) is 0 Å². The molecule has 2 aromatic rings. The highest BCUT2D eigenvalue weighted by Crippen LogP contribution is 2.21. The van der Waals surface area contributed by atoms with Crippen molar-refractivity contribution in [3.8, 4) is 0 Å². The van der Waals surface area contributed by atoms with E-state index in [4.69, 9.17) is 4.42 Å². The fraction of sp³-hybridized carbons (Fsp3) is 0.364. The Morgan fingerprint density at radius 3 is 3.00 bits per heavy atom. The second-order valence-electron chi connectivity index (χ2n) is 3.68. The highest BCUT2D eigenvalue weighted by molar-refractivity contribution is 7.80. The average Bonchev–Trinajstić information content (AvgIpc) is 2.55. The van der Waals surface area contributed by atoms with Crippen LogP contribution in [-0.2, 0) is 7.05 Å². The molecule has 5 heteroatoms. The SMILES string of the molecule is Cn1c(=O)oc2ccc(C(O)CCS)cc21. The molecule has 0 radical (unpaired) electrons. The molecule has 1 N–H and O–H groups in total. The molecule has 0 aliphatic carbocycles. The number of hydrogen-bond donors (Lipinski definition) is 2. The van der Waals surface area contributed by atoms with Crippen molar-refractivity contribution in [1.29, 1.82) is 0 Å². The van der Waals surface area contributed by atoms with Crippen LogP contribution in [0.15, 0.2) is 27.4 Å². The minimum Gasteiger partial charge on any atom is -0.408 e. The van der Waals surface area contributed by atoms with Crippen LogP contribution in [0.2, 0.25) is 0 Å². The average molecular weight is 239 g/mol. The lowest BCUT2D eigenvalue weighted by Gasteiger charge is -2.08. The first-order valence-electron chi connectivity index (χ1n) is 5.02. The number of rotatable bonds is 3. The third-order valence-electron chi connectivity index (χ3n) is 2.60. The lowest BCUT2D eigenvalue weighted by atomic mass is 10.1. The number of benzene rings is 1. The smallest absolute Gasteiger partial charge is 0.408 e. The Labute approximate surface area is 97.9 Å². The van der Waals surface area contributed by atoms with E-state index in [0.717, 1.165) is 5.56 Å². The van der Waals surface area contributed by atoms with Crippen LogP contribution in [0.5, 0.6) is 0 Å². The van der Waals surface area contributed by atoms with Gasteiger partial charge in [0, 0.05) is 7.05 Å². The van der Waals surface area contributed by atoms with Gasteiger partial charge < -0.3 is 9.52 Å². The van der Waals surface area contributed by atoms with E-state index in [9.17, 15) is 9.90 Å². The zero-order valence-corrected chi connectivity index (χ0v) is 9.78. The Balaban J connectivity index is 2.50. The summed E-state index contributed by atoms with van der Waals surface area (Å²) in [4.78, 5) is 11.3. The van der Waals surface area contributed by atoms with Crippen LogP contribution in [0, 0.1) is 0 Å². The normalized spacial score (nSPS) is 13.2. The topological polar surface area (TPSA) is 55.4 Å². The van der Waals surface area contributed by atoms with Gasteiger partial charge in [-0.3, -0.25) is 4.57 Å². The van der Waals surface area contributed by atoms with Crippen molar-refractivity contribution in [2.75, 3.05) is 5.75 Å². The summed E-state index contributed by atoms with van der Waals surface area (Å²) >= 11 is 4.07. The fourth-order valence-corrected chi connectivity index (χ4v) is 1.88. The van der Waals surface area contributed by atoms with E-state index in [1.54, 1.807) is 25.2 Å². The molecule has 1 aromatic heterocycles. The summed E-state index contributed by atoms with van der Waals surface area (Å²) in [6.45, 7) is 0. The van der Waals surface area contributed by atoms with Crippen LogP contribution in [0.4, 0.5) is 0 Å². The van der Waals surface area contributed by atoms with E-state index in [1.165, 1.54) is 4.57 Å². The number of nitrogens with zero attached hydrogens (tertiary/aromatic N) is 1. The van der Waals surface area contributed by atoms with Crippen LogP contribution >= 0.6 is 12.6 Å². The number of aliphatic hydroxyl groups excluding tert-OH is 1. The number of fused-ring (bicyclic) bond motifs is 1. The van der Waals surface area contributed by atoms with Gasteiger partial charge in [0.25, 0.3) is 0 Å². The summed E-state index contributed by atoms with van der Waals surface area (Å²) in [7, 11) is 1.64. The van der Waals surface area contributed by atoms with Gasteiger partial charge in [0.2, 0.25) is 0 Å². The van der Waals surface area contributed by atoms with Gasteiger partial charge in [0.1, 0.15) is 0 Å². The van der Waals surface area contributed by atoms with Gasteiger partial charge in [-0.1, -0.05) is 6.07 Å². The first kappa shape index (κ1) is 11.3. The second-order valence-corrected chi connectivity index (χ2v) is 4.13. The minimum atomic E-state index is -0.549. The van der Waals surface area contributed by atoms with Gasteiger partial charge in [-0.25, -0.2) is 4.79 Å². The molecule has 0 amide bonds. The molecule has 1 unspecified atom stereocenters. The van der Waals surface area contributed by atoms with Crippen molar-refractivity contribution in [3.63, 3.8) is 0 Å². The number of aromatic nitrogens is 1. The summed E-state index contributed by atoms with van der Waals surface area (Å²) in [6, 6.07) is 5.24. The molecule has 16 heavy (non-hydrogen) atoms. The summed E-state index contributed by atoms with van der Waals surface area (Å²) in [5.41, 5.74) is 2.01. The third-order valence-corrected chi connectivity index (χ3v) is 2.86. The predicted octanol–water partition coefficient (Wildman–Crippen LogP) is 1.48. The van der Waals surface area contributed by atoms with Crippen LogP contribution in [0.1, 0.15) is 18.1 Å². The van der Waals surface area contributed by atoms with E-state index in [1.807, 2.05) is 0 Å². The quantitative estimate of drug-likeness (QED) is 0.798. The Hall–Kier alpha value is -1.20. The standard InChI is InChI=1S/C11H13NO3S/c1-12-8-6-7(9(13)4-5-16)2-3-10(8)15-11(12)14/h2-3,6,9,13,16H,4-5H2,1H3. The lowest BCUT2D eigenvalue weighted by molar-refractivity contribution is 0.175. The fourth-order valence-electron chi connectivity index (χ4n) is 1.64. The van der Waals surface area contributed by atoms with E-state index in [-0.39, 0.29) is 0 Å². The molecule has 4 nitrogen and oxygen atoms in total. The van der Waals surface area contributed by atoms with Gasteiger partial charge in [-0.05, 0) is 29.9 Å². The Morgan fingerprint density at radius 1 is 1.56 bits per heavy atom. The van der Waals surface area contributed by atoms with Crippen molar-refractivity contribution in [2.24, 2.45) is 7.05 Å².